The van der Waals surface area contributed by atoms with Crippen LogP contribution in [0.5, 0.6) is 23.0 Å². The van der Waals surface area contributed by atoms with Gasteiger partial charge in [0.25, 0.3) is 0 Å². The third-order valence-electron chi connectivity index (χ3n) is 21.6. The van der Waals surface area contributed by atoms with Crippen molar-refractivity contribution in [3.63, 3.8) is 0 Å². The van der Waals surface area contributed by atoms with E-state index in [0.29, 0.717) is 67.4 Å². The minimum Gasteiger partial charge on any atom is -0.870 e. The quantitative estimate of drug-likeness (QED) is 0.0361. The summed E-state index contributed by atoms with van der Waals surface area (Å²) >= 11 is 0. The Morgan fingerprint density at radius 2 is 0.428 bits per heavy atom. The van der Waals surface area contributed by atoms with Crippen LogP contribution in [0.15, 0.2) is 269 Å². The summed E-state index contributed by atoms with van der Waals surface area (Å²) in [6, 6.07) is 76.7. The maximum atomic E-state index is 12.8. The van der Waals surface area contributed by atoms with Crippen LogP contribution >= 0.6 is 0 Å². The maximum Gasteiger partial charge on any atom is 1.00 e. The first-order valence-electron chi connectivity index (χ1n) is 46.0. The third-order valence-corrected chi connectivity index (χ3v) is 21.6. The molecule has 0 unspecified atom stereocenters. The summed E-state index contributed by atoms with van der Waals surface area (Å²) in [5, 5.41) is 22.4. The Hall–Kier alpha value is -16.6. The maximum absolute atomic E-state index is 12.8. The molecule has 0 aliphatic heterocycles. The number of hydrogen-bond acceptors (Lipinski definition) is 23. The van der Waals surface area contributed by atoms with Crippen LogP contribution in [0.25, 0.3) is 135 Å². The number of nitrogens with zero attached hydrogens (tertiary/aromatic N) is 4. The predicted octanol–water partition coefficient (Wildman–Crippen LogP) is 27.2. The fraction of sp³-hybridized carbons (Fsp3) is 0.207. The van der Waals surface area contributed by atoms with Gasteiger partial charge in [0.1, 0.15) is 90.8 Å². The normalized spacial score (nSPS) is 11.2. The van der Waals surface area contributed by atoms with Gasteiger partial charge in [-0.25, -0.2) is 19.2 Å². The van der Waals surface area contributed by atoms with Crippen molar-refractivity contribution in [3.05, 3.63) is 332 Å². The summed E-state index contributed by atoms with van der Waals surface area (Å²) in [4.78, 5) is 51.3. The summed E-state index contributed by atoms with van der Waals surface area (Å²) < 4.78 is 82.9. The van der Waals surface area contributed by atoms with Gasteiger partial charge in [-0.15, -0.1) is 20.4 Å². The summed E-state index contributed by atoms with van der Waals surface area (Å²) in [5.41, 5.74) is 17.5. The average molecular weight is 1940 g/mol. The minimum atomic E-state index is -0.885. The van der Waals surface area contributed by atoms with E-state index in [-0.39, 0.29) is 77.2 Å². The predicted molar refractivity (Wildman–Crippen MR) is 555 cm³/mol. The van der Waals surface area contributed by atoms with Gasteiger partial charge in [-0.2, -0.15) is 0 Å². The van der Waals surface area contributed by atoms with Crippen LogP contribution in [0.1, 0.15) is 180 Å². The zero-order valence-corrected chi connectivity index (χ0v) is 85.7. The van der Waals surface area contributed by atoms with Gasteiger partial charge in [-0.1, -0.05) is 126 Å². The molecule has 0 spiro atoms. The molecule has 0 fully saturated rings. The number of benzene rings is 12. The van der Waals surface area contributed by atoms with E-state index in [0.717, 1.165) is 123 Å². The summed E-state index contributed by atoms with van der Waals surface area (Å²) in [5.74, 6) is 30.0. The topological polar surface area (TPSA) is 303 Å². The van der Waals surface area contributed by atoms with Crippen molar-refractivity contribution in [2.24, 2.45) is 0 Å². The van der Waals surface area contributed by atoms with Crippen LogP contribution in [-0.4, -0.2) is 72.9 Å². The number of carbonyl (C=O) groups excluding carboxylic acids is 4. The first kappa shape index (κ1) is 104. The number of carbonyl (C=O) groups is 4. The minimum absolute atomic E-state index is 0. The summed E-state index contributed by atoms with van der Waals surface area (Å²) in [6.45, 7) is 36.7. The van der Waals surface area contributed by atoms with Gasteiger partial charge in [0, 0.05) is 88.3 Å². The van der Waals surface area contributed by atoms with Gasteiger partial charge in [-0.3, -0.25) is 0 Å². The molecule has 0 atom stereocenters. The van der Waals surface area contributed by atoms with Crippen LogP contribution in [-0.2, 0) is 18.9 Å². The van der Waals surface area contributed by atoms with Crippen LogP contribution < -0.4 is 48.5 Å². The second kappa shape index (κ2) is 43.0. The molecule has 724 valence electrons. The molecule has 6 aromatic heterocycles. The van der Waals surface area contributed by atoms with Gasteiger partial charge in [0.2, 0.25) is 23.6 Å². The van der Waals surface area contributed by atoms with Crippen molar-refractivity contribution in [2.45, 2.75) is 168 Å². The molecule has 145 heavy (non-hydrogen) atoms. The van der Waals surface area contributed by atoms with Crippen LogP contribution in [0, 0.1) is 103 Å². The molecule has 0 radical (unpaired) electrons. The molecule has 0 saturated heterocycles. The Morgan fingerprint density at radius 3 is 0.641 bits per heavy atom. The van der Waals surface area contributed by atoms with Crippen LogP contribution in [0.4, 0.5) is 19.2 Å². The largest absolute Gasteiger partial charge is 1.00 e. The number of ether oxygens (including phenoxy) is 8. The third kappa shape index (κ3) is 26.8. The van der Waals surface area contributed by atoms with Crippen LogP contribution in [0.3, 0.4) is 0 Å². The molecule has 23 nitrogen and oxygen atoms in total. The molecule has 12 aromatic carbocycles. The molecule has 0 aliphatic carbocycles. The summed E-state index contributed by atoms with van der Waals surface area (Å²) in [6.07, 6.45) is -3.54. The van der Waals surface area contributed by atoms with Crippen molar-refractivity contribution in [2.75, 3.05) is 0 Å². The fourth-order valence-corrected chi connectivity index (χ4v) is 15.3. The van der Waals surface area contributed by atoms with E-state index >= 15 is 0 Å². The van der Waals surface area contributed by atoms with Crippen molar-refractivity contribution in [1.82, 2.24) is 20.4 Å². The zero-order valence-electron chi connectivity index (χ0n) is 83.7. The molecule has 0 bridgehead atoms. The zero-order chi connectivity index (χ0) is 100. The molecular formula is C121H105N4NaO19. The van der Waals surface area contributed by atoms with Crippen molar-refractivity contribution in [3.8, 4) is 161 Å². The number of hydrogen-bond donors (Lipinski definition) is 0. The number of fused-ring (bicyclic) bond motifs is 4. The van der Waals surface area contributed by atoms with Crippen LogP contribution in [0.2, 0.25) is 0 Å². The Morgan fingerprint density at radius 1 is 0.234 bits per heavy atom. The molecule has 6 heterocycles. The van der Waals surface area contributed by atoms with Gasteiger partial charge < -0.3 is 69.9 Å². The Labute approximate surface area is 862 Å². The van der Waals surface area contributed by atoms with E-state index in [1.54, 1.807) is 192 Å². The molecular weight excluding hydrogens is 1840 g/mol. The van der Waals surface area contributed by atoms with Gasteiger partial charge in [0.05, 0.1) is 22.3 Å². The van der Waals surface area contributed by atoms with Gasteiger partial charge in [-0.05, 0) is 355 Å². The van der Waals surface area contributed by atoms with Crippen molar-refractivity contribution in [1.29, 1.82) is 0 Å². The molecule has 1 N–H and O–H groups in total. The SMILES string of the molecule is C.Cc1ccc(OC(=O)OC(C)(C)C)c(C#Cc2cc(C#Cc3cc(C)ccc3OC(=O)OC(C)(C)C)cc(-c3nnc(-c4cc(C#Cc5cc(C)ccc5OC(=O)OC(C)(C)C)cc(C#Cc5cc(C)ccc5OC(=O)OC(C)(C)C)c4)o3)c2)c1.Cc1ccc2oc(-c3cc(-c4cc5cc(C)ccc5o4)cc(-c4nnc(-c5cc(-c6cc7cc(C)ccc7o6)cc(-c6cc7cc(C)ccc7o6)c5)o4)c3)cc2c1.[Na+].[OH-]. The van der Waals surface area contributed by atoms with E-state index < -0.39 is 47.0 Å². The van der Waals surface area contributed by atoms with Gasteiger partial charge in [0.15, 0.2) is 0 Å². The van der Waals surface area contributed by atoms with Crippen molar-refractivity contribution >= 4 is 68.5 Å². The van der Waals surface area contributed by atoms with E-state index in [9.17, 15) is 19.2 Å². The molecule has 24 heteroatoms. The van der Waals surface area contributed by atoms with E-state index in [1.165, 1.54) is 22.3 Å². The van der Waals surface area contributed by atoms with Crippen molar-refractivity contribution < 1.29 is 119 Å². The average Bonchev–Trinajstić information content (AvgIpc) is 1.63. The molecule has 0 aliphatic rings. The molecule has 18 aromatic rings. The second-order valence-corrected chi connectivity index (χ2v) is 38.9. The number of aryl methyl sites for hydroxylation is 8. The first-order valence-corrected chi connectivity index (χ1v) is 46.0. The smallest absolute Gasteiger partial charge is 0.870 e. The van der Waals surface area contributed by atoms with E-state index in [4.69, 9.17) is 64.4 Å². The fourth-order valence-electron chi connectivity index (χ4n) is 15.3. The Bertz CT molecular complexity index is 7440. The monoisotopic (exact) mass is 1940 g/mol. The molecule has 0 amide bonds. The Kier molecular flexibility index (Phi) is 30.9. The second-order valence-electron chi connectivity index (χ2n) is 38.9. The Balaban J connectivity index is 0.000000240. The standard InChI is InChI=1S/C70H66N2O13.C50H34N2O5.CH4.Na.H2O/c1-43-17-29-57(77-63(73)82-67(5,6)7)51(33-43)25-21-47-37-48(22-26-52-34-44(2)18-30-58(52)78-64(74)83-68(8,9)10)40-55(39-47)61-71-72-62(81-61)56-41-49(23-27-53-35-45(3)19-31-59(53)79-65(75)84-69(11,12)13)38-50(42-56)24-28-54-36-46(4)20-32-60(54)80-66(76)85-70(14,15)16;1-27-5-9-41-31(13-27)23-45(53-41)35-17-36(46-24-32-14-28(2)6-10-42(32)54-46)20-39(19-35)49-51-52-50(57-49)40-21-37(47-25-33-15-29(3)7-11-43(33)55-47)18-38(22-40)48-26-34-16-30(4)8-12-44(34)56-48;;;/h17-20,29-42H,1-16H3;5-26H,1-4H3;1H4;;1H2/q;;;+1;/p-1. The first-order chi connectivity index (χ1) is 67.5. The number of aromatic nitrogens is 4. The van der Waals surface area contributed by atoms with Gasteiger partial charge >= 0.3 is 54.2 Å². The molecule has 0 saturated carbocycles. The molecule has 18 rings (SSSR count). The van der Waals surface area contributed by atoms with E-state index in [1.807, 2.05) is 76.2 Å². The summed E-state index contributed by atoms with van der Waals surface area (Å²) in [7, 11) is 0. The number of rotatable bonds is 12. The van der Waals surface area contributed by atoms with E-state index in [2.05, 4.69) is 180 Å². The number of furan rings is 4.